The Balaban J connectivity index is 1.55. The molecule has 1 atom stereocenters. The molecule has 0 unspecified atom stereocenters. The number of para-hydroxylation sites is 4. The highest BCUT2D eigenvalue weighted by Gasteiger charge is 2.36. The Hall–Kier alpha value is -4.27. The van der Waals surface area contributed by atoms with Crippen molar-refractivity contribution in [1.29, 1.82) is 0 Å². The molecule has 1 N–H and O–H groups in total. The van der Waals surface area contributed by atoms with E-state index in [4.69, 9.17) is 13.9 Å². The van der Waals surface area contributed by atoms with Gasteiger partial charge in [0.1, 0.15) is 23.8 Å². The maximum atomic E-state index is 13.5. The van der Waals surface area contributed by atoms with Crippen molar-refractivity contribution in [1.82, 2.24) is 4.90 Å². The van der Waals surface area contributed by atoms with E-state index < -0.39 is 17.9 Å². The van der Waals surface area contributed by atoms with Crippen LogP contribution >= 0.6 is 0 Å². The topological polar surface area (TPSA) is 101 Å². The highest BCUT2D eigenvalue weighted by Crippen LogP contribution is 2.33. The van der Waals surface area contributed by atoms with Crippen molar-refractivity contribution in [2.24, 2.45) is 0 Å². The van der Waals surface area contributed by atoms with Gasteiger partial charge in [0.15, 0.2) is 6.10 Å². The van der Waals surface area contributed by atoms with Crippen LogP contribution in [0.2, 0.25) is 0 Å². The van der Waals surface area contributed by atoms with Crippen LogP contribution in [-0.2, 0) is 20.9 Å². The molecule has 2 heterocycles. The summed E-state index contributed by atoms with van der Waals surface area (Å²) in [7, 11) is 1.51. The zero-order valence-electron chi connectivity index (χ0n) is 18.9. The van der Waals surface area contributed by atoms with Gasteiger partial charge in [-0.15, -0.1) is 0 Å². The first kappa shape index (κ1) is 22.9. The molecule has 0 saturated carbocycles. The minimum absolute atomic E-state index is 0.0357. The molecule has 0 radical (unpaired) electrons. The Kier molecular flexibility index (Phi) is 6.82. The number of fused-ring (bicyclic) bond motifs is 1. The number of carbonyl (C=O) groups excluding carboxylic acids is 3. The Morgan fingerprint density at radius 2 is 1.85 bits per heavy atom. The molecule has 176 valence electrons. The van der Waals surface area contributed by atoms with E-state index in [0.29, 0.717) is 28.6 Å². The van der Waals surface area contributed by atoms with Crippen LogP contribution in [0.5, 0.6) is 11.5 Å². The summed E-state index contributed by atoms with van der Waals surface area (Å²) in [6.45, 7) is 1.28. The van der Waals surface area contributed by atoms with E-state index in [9.17, 15) is 14.4 Å². The first-order valence-corrected chi connectivity index (χ1v) is 10.7. The monoisotopic (exact) mass is 463 g/mol. The lowest BCUT2D eigenvalue weighted by Gasteiger charge is -2.35. The molecular weight excluding hydrogens is 438 g/mol. The molecule has 1 aliphatic heterocycles. The Morgan fingerprint density at radius 1 is 1.09 bits per heavy atom. The van der Waals surface area contributed by atoms with Crippen LogP contribution in [0.1, 0.15) is 12.7 Å². The van der Waals surface area contributed by atoms with Gasteiger partial charge < -0.3 is 29.0 Å². The number of hydrogen-bond acceptors (Lipinski definition) is 6. The van der Waals surface area contributed by atoms with Gasteiger partial charge in [-0.1, -0.05) is 24.3 Å². The second-order valence-electron chi connectivity index (χ2n) is 7.73. The highest BCUT2D eigenvalue weighted by atomic mass is 16.5. The van der Waals surface area contributed by atoms with Crippen LogP contribution in [0.15, 0.2) is 71.3 Å². The second kappa shape index (κ2) is 10.1. The van der Waals surface area contributed by atoms with Gasteiger partial charge in [-0.2, -0.15) is 0 Å². The highest BCUT2D eigenvalue weighted by molar-refractivity contribution is 5.98. The number of furan rings is 1. The summed E-state index contributed by atoms with van der Waals surface area (Å²) < 4.78 is 16.6. The molecule has 0 saturated heterocycles. The fraction of sp³-hybridized carbons (Fsp3) is 0.240. The van der Waals surface area contributed by atoms with E-state index in [1.807, 2.05) is 0 Å². The molecule has 0 aliphatic carbocycles. The smallest absolute Gasteiger partial charge is 0.266 e. The van der Waals surface area contributed by atoms with Gasteiger partial charge in [0.25, 0.3) is 5.91 Å². The van der Waals surface area contributed by atoms with E-state index in [2.05, 4.69) is 5.32 Å². The van der Waals surface area contributed by atoms with Crippen LogP contribution in [0.25, 0.3) is 0 Å². The Labute approximate surface area is 196 Å². The van der Waals surface area contributed by atoms with E-state index in [1.165, 1.54) is 30.1 Å². The van der Waals surface area contributed by atoms with Crippen LogP contribution < -0.4 is 19.7 Å². The number of methoxy groups -OCH3 is 1. The number of anilines is 2. The first-order valence-electron chi connectivity index (χ1n) is 10.7. The summed E-state index contributed by atoms with van der Waals surface area (Å²) in [6.07, 6.45) is 0.519. The van der Waals surface area contributed by atoms with Crippen LogP contribution in [0.3, 0.4) is 0 Å². The number of hydrogen-bond donors (Lipinski definition) is 1. The first-order chi connectivity index (χ1) is 16.5. The number of ether oxygens (including phenoxy) is 2. The van der Waals surface area contributed by atoms with Crippen molar-refractivity contribution in [3.63, 3.8) is 0 Å². The van der Waals surface area contributed by atoms with Crippen molar-refractivity contribution >= 4 is 29.1 Å². The van der Waals surface area contributed by atoms with Crippen molar-refractivity contribution < 1.29 is 28.3 Å². The predicted octanol–water partition coefficient (Wildman–Crippen LogP) is 3.07. The third kappa shape index (κ3) is 5.03. The number of benzene rings is 2. The molecule has 4 rings (SSSR count). The molecule has 1 aromatic heterocycles. The summed E-state index contributed by atoms with van der Waals surface area (Å²) in [5.74, 6) is 0.386. The second-order valence-corrected chi connectivity index (χ2v) is 7.73. The maximum absolute atomic E-state index is 13.5. The minimum Gasteiger partial charge on any atom is -0.495 e. The molecule has 0 spiro atoms. The van der Waals surface area contributed by atoms with Gasteiger partial charge >= 0.3 is 0 Å². The zero-order chi connectivity index (χ0) is 24.1. The lowest BCUT2D eigenvalue weighted by Crippen LogP contribution is -2.52. The molecule has 3 aromatic rings. The van der Waals surface area contributed by atoms with Gasteiger partial charge in [-0.05, 0) is 36.4 Å². The number of nitrogens with zero attached hydrogens (tertiary/aromatic N) is 2. The fourth-order valence-corrected chi connectivity index (χ4v) is 3.78. The molecule has 9 heteroatoms. The molecular formula is C25H25N3O6. The van der Waals surface area contributed by atoms with Crippen LogP contribution in [0.4, 0.5) is 11.4 Å². The van der Waals surface area contributed by atoms with Crippen molar-refractivity contribution in [3.8, 4) is 11.5 Å². The number of nitrogens with one attached hydrogen (secondary N) is 1. The van der Waals surface area contributed by atoms with Crippen molar-refractivity contribution in [2.45, 2.75) is 19.6 Å². The predicted molar refractivity (Wildman–Crippen MR) is 125 cm³/mol. The molecule has 34 heavy (non-hydrogen) atoms. The summed E-state index contributed by atoms with van der Waals surface area (Å²) in [6, 6.07) is 17.5. The fourth-order valence-electron chi connectivity index (χ4n) is 3.78. The average molecular weight is 463 g/mol. The van der Waals surface area contributed by atoms with Gasteiger partial charge in [0.05, 0.1) is 37.8 Å². The van der Waals surface area contributed by atoms with Crippen LogP contribution in [-0.4, -0.2) is 48.9 Å². The van der Waals surface area contributed by atoms with Gasteiger partial charge in [-0.3, -0.25) is 14.4 Å². The number of amides is 3. The zero-order valence-corrected chi connectivity index (χ0v) is 18.9. The Morgan fingerprint density at radius 3 is 2.59 bits per heavy atom. The van der Waals surface area contributed by atoms with Crippen LogP contribution in [0, 0.1) is 0 Å². The van der Waals surface area contributed by atoms with E-state index in [0.717, 1.165) is 0 Å². The standard InChI is InChI=1S/C25H25N3O6/c1-17(29)28-15-23(34-22-12-6-4-10-20(22)28)25(31)27(14-18-8-7-13-33-18)16-24(30)26-19-9-3-5-11-21(19)32-2/h3-13,23H,14-16H2,1-2H3,(H,26,30)/t23-/m1/s1. The molecule has 0 bridgehead atoms. The van der Waals surface area contributed by atoms with Gasteiger partial charge in [0, 0.05) is 6.92 Å². The van der Waals surface area contributed by atoms with E-state index in [1.54, 1.807) is 60.7 Å². The normalized spacial score (nSPS) is 14.5. The minimum atomic E-state index is -0.979. The lowest BCUT2D eigenvalue weighted by atomic mass is 10.1. The molecule has 3 amide bonds. The average Bonchev–Trinajstić information content (AvgIpc) is 3.36. The van der Waals surface area contributed by atoms with E-state index in [-0.39, 0.29) is 25.5 Å². The molecule has 1 aliphatic rings. The van der Waals surface area contributed by atoms with Gasteiger partial charge in [0.2, 0.25) is 11.8 Å². The summed E-state index contributed by atoms with van der Waals surface area (Å²) >= 11 is 0. The van der Waals surface area contributed by atoms with Crippen molar-refractivity contribution in [2.75, 3.05) is 30.4 Å². The molecule has 2 aromatic carbocycles. The third-order valence-corrected chi connectivity index (χ3v) is 5.38. The quantitative estimate of drug-likeness (QED) is 0.578. The third-order valence-electron chi connectivity index (χ3n) is 5.38. The maximum Gasteiger partial charge on any atom is 0.266 e. The number of rotatable bonds is 7. The summed E-state index contributed by atoms with van der Waals surface area (Å²) in [5.41, 5.74) is 1.09. The molecule has 9 nitrogen and oxygen atoms in total. The largest absolute Gasteiger partial charge is 0.495 e. The Bertz CT molecular complexity index is 1180. The van der Waals surface area contributed by atoms with Gasteiger partial charge in [-0.25, -0.2) is 0 Å². The summed E-state index contributed by atoms with van der Waals surface area (Å²) in [4.78, 5) is 41.5. The summed E-state index contributed by atoms with van der Waals surface area (Å²) in [5, 5.41) is 2.78. The number of carbonyl (C=O) groups is 3. The molecule has 0 fully saturated rings. The van der Waals surface area contributed by atoms with Crippen molar-refractivity contribution in [3.05, 3.63) is 72.7 Å². The van der Waals surface area contributed by atoms with E-state index >= 15 is 0 Å². The lowest BCUT2D eigenvalue weighted by molar-refractivity contribution is -0.142. The SMILES string of the molecule is COc1ccccc1NC(=O)CN(Cc1ccco1)C(=O)[C@H]1CN(C(C)=O)c2ccccc2O1.